The molecule has 2 N–H and O–H groups in total. The fraction of sp³-hybridized carbons (Fsp3) is 0.417. The first-order chi connectivity index (χ1) is 15.1. The lowest BCUT2D eigenvalue weighted by atomic mass is 10.1. The number of imidazole rings is 1. The lowest BCUT2D eigenvalue weighted by Gasteiger charge is -2.16. The smallest absolute Gasteiger partial charge is 0.191 e. The second-order valence-electron chi connectivity index (χ2n) is 7.46. The van der Waals surface area contributed by atoms with Gasteiger partial charge < -0.3 is 24.7 Å². The van der Waals surface area contributed by atoms with E-state index in [0.717, 1.165) is 53.6 Å². The normalized spacial score (nSPS) is 11.3. The van der Waals surface area contributed by atoms with Crippen LogP contribution >= 0.6 is 24.0 Å². The largest absolute Gasteiger partial charge is 0.493 e. The first-order valence-corrected chi connectivity index (χ1v) is 10.7. The summed E-state index contributed by atoms with van der Waals surface area (Å²) in [5.74, 6) is 2.67. The second-order valence-corrected chi connectivity index (χ2v) is 7.46. The third kappa shape index (κ3) is 7.09. The number of benzene rings is 2. The molecule has 0 saturated carbocycles. The number of halogens is 1. The van der Waals surface area contributed by atoms with E-state index in [1.165, 1.54) is 5.56 Å². The number of guanidine groups is 1. The van der Waals surface area contributed by atoms with Crippen LogP contribution in [0.3, 0.4) is 0 Å². The van der Waals surface area contributed by atoms with Crippen LogP contribution in [0.2, 0.25) is 0 Å². The summed E-state index contributed by atoms with van der Waals surface area (Å²) in [5, 5.41) is 6.78. The Kier molecular flexibility index (Phi) is 10.8. The zero-order valence-corrected chi connectivity index (χ0v) is 21.7. The van der Waals surface area contributed by atoms with Crippen molar-refractivity contribution in [2.75, 3.05) is 33.9 Å². The molecule has 3 aromatic rings. The molecule has 0 saturated heterocycles. The summed E-state index contributed by atoms with van der Waals surface area (Å²) in [6.45, 7) is 7.63. The van der Waals surface area contributed by atoms with Crippen molar-refractivity contribution in [1.82, 2.24) is 20.2 Å². The van der Waals surface area contributed by atoms with Gasteiger partial charge in [-0.3, -0.25) is 4.99 Å². The highest BCUT2D eigenvalue weighted by Crippen LogP contribution is 2.20. The molecule has 0 radical (unpaired) electrons. The number of rotatable bonds is 10. The number of methoxy groups -OCH3 is 1. The van der Waals surface area contributed by atoms with Crippen molar-refractivity contribution in [3.05, 3.63) is 59.4 Å². The summed E-state index contributed by atoms with van der Waals surface area (Å²) in [6, 6.07) is 14.5. The Morgan fingerprint density at radius 1 is 1.09 bits per heavy atom. The summed E-state index contributed by atoms with van der Waals surface area (Å²) in [5.41, 5.74) is 4.46. The third-order valence-electron chi connectivity index (χ3n) is 5.12. The average molecular weight is 551 g/mol. The molecule has 2 aromatic carbocycles. The Morgan fingerprint density at radius 2 is 1.91 bits per heavy atom. The highest BCUT2D eigenvalue weighted by molar-refractivity contribution is 14.0. The van der Waals surface area contributed by atoms with Gasteiger partial charge in [-0.05, 0) is 37.6 Å². The average Bonchev–Trinajstić information content (AvgIpc) is 3.09. The number of nitrogens with zero attached hydrogens (tertiary/aromatic N) is 3. The van der Waals surface area contributed by atoms with Gasteiger partial charge in [-0.2, -0.15) is 0 Å². The van der Waals surface area contributed by atoms with Crippen LogP contribution < -0.4 is 15.4 Å². The number of ether oxygens (including phenoxy) is 2. The van der Waals surface area contributed by atoms with Gasteiger partial charge in [-0.15, -0.1) is 24.0 Å². The van der Waals surface area contributed by atoms with Gasteiger partial charge in [0.2, 0.25) is 0 Å². The molecule has 8 heteroatoms. The topological polar surface area (TPSA) is 72.7 Å². The number of para-hydroxylation sites is 2. The molecule has 1 heterocycles. The minimum absolute atomic E-state index is 0. The van der Waals surface area contributed by atoms with Gasteiger partial charge in [0.15, 0.2) is 5.96 Å². The first-order valence-electron chi connectivity index (χ1n) is 10.7. The Morgan fingerprint density at radius 3 is 2.69 bits per heavy atom. The molecule has 7 nitrogen and oxygen atoms in total. The summed E-state index contributed by atoms with van der Waals surface area (Å²) >= 11 is 0. The third-order valence-corrected chi connectivity index (χ3v) is 5.12. The maximum Gasteiger partial charge on any atom is 0.191 e. The predicted molar refractivity (Wildman–Crippen MR) is 141 cm³/mol. The van der Waals surface area contributed by atoms with Crippen LogP contribution in [0.5, 0.6) is 5.75 Å². The number of fused-ring (bicyclic) bond motifs is 1. The van der Waals surface area contributed by atoms with Crippen LogP contribution in [0.15, 0.2) is 47.5 Å². The van der Waals surface area contributed by atoms with Gasteiger partial charge in [0.05, 0.1) is 17.6 Å². The van der Waals surface area contributed by atoms with Gasteiger partial charge >= 0.3 is 0 Å². The highest BCUT2D eigenvalue weighted by atomic mass is 127. The maximum atomic E-state index is 5.98. The maximum absolute atomic E-state index is 5.98. The van der Waals surface area contributed by atoms with E-state index in [-0.39, 0.29) is 24.0 Å². The van der Waals surface area contributed by atoms with E-state index in [9.17, 15) is 0 Å². The lowest BCUT2D eigenvalue weighted by molar-refractivity contribution is 0.171. The quantitative estimate of drug-likeness (QED) is 0.172. The molecule has 0 spiro atoms. The van der Waals surface area contributed by atoms with Crippen LogP contribution in [-0.2, 0) is 17.8 Å². The molecule has 0 aliphatic carbocycles. The van der Waals surface area contributed by atoms with E-state index in [0.29, 0.717) is 19.8 Å². The van der Waals surface area contributed by atoms with E-state index < -0.39 is 0 Å². The number of nitrogens with one attached hydrogen (secondary N) is 2. The monoisotopic (exact) mass is 551 g/mol. The van der Waals surface area contributed by atoms with Gasteiger partial charge in [0.1, 0.15) is 11.6 Å². The second kappa shape index (κ2) is 13.3. The van der Waals surface area contributed by atoms with Crippen LogP contribution in [0.1, 0.15) is 23.4 Å². The molecule has 0 fully saturated rings. The van der Waals surface area contributed by atoms with E-state index >= 15 is 0 Å². The Bertz CT molecular complexity index is 1020. The number of aromatic nitrogens is 2. The molecule has 0 aliphatic rings. The first kappa shape index (κ1) is 25.9. The van der Waals surface area contributed by atoms with Crippen LogP contribution in [-0.4, -0.2) is 49.4 Å². The predicted octanol–water partition coefficient (Wildman–Crippen LogP) is 4.05. The van der Waals surface area contributed by atoms with E-state index in [2.05, 4.69) is 56.4 Å². The molecular weight excluding hydrogens is 517 g/mol. The van der Waals surface area contributed by atoms with Crippen molar-refractivity contribution < 1.29 is 9.47 Å². The Balaban J connectivity index is 0.00000363. The van der Waals surface area contributed by atoms with Crippen LogP contribution in [0.4, 0.5) is 0 Å². The van der Waals surface area contributed by atoms with Gasteiger partial charge in [0, 0.05) is 52.4 Å². The zero-order valence-electron chi connectivity index (χ0n) is 19.4. The van der Waals surface area contributed by atoms with Crippen LogP contribution in [0.25, 0.3) is 11.0 Å². The number of aryl methyl sites for hydroxylation is 2. The number of aliphatic imine (C=N–C) groups is 1. The standard InChI is InChI=1S/C24H33N5O2.HI/c1-18-10-11-20(23(16-18)31-15-7-14-30-4)17-27-24(25-3)26-12-13-29-19(2)28-21-8-5-6-9-22(21)29;/h5-6,8-11,16H,7,12-15,17H2,1-4H3,(H2,25,26,27);1H. The summed E-state index contributed by atoms with van der Waals surface area (Å²) in [7, 11) is 3.49. The molecule has 3 rings (SSSR count). The van der Waals surface area contributed by atoms with Crippen molar-refractivity contribution in [2.24, 2.45) is 4.99 Å². The van der Waals surface area contributed by atoms with Crippen molar-refractivity contribution in [3.8, 4) is 5.75 Å². The molecule has 0 aliphatic heterocycles. The summed E-state index contributed by atoms with van der Waals surface area (Å²) in [6.07, 6.45) is 0.864. The van der Waals surface area contributed by atoms with Gasteiger partial charge in [-0.1, -0.05) is 24.3 Å². The van der Waals surface area contributed by atoms with Gasteiger partial charge in [-0.25, -0.2) is 4.98 Å². The van der Waals surface area contributed by atoms with Crippen molar-refractivity contribution in [1.29, 1.82) is 0 Å². The van der Waals surface area contributed by atoms with Crippen LogP contribution in [0, 0.1) is 13.8 Å². The minimum atomic E-state index is 0. The van der Waals surface area contributed by atoms with E-state index in [4.69, 9.17) is 9.47 Å². The number of hydrogen-bond donors (Lipinski definition) is 2. The molecule has 32 heavy (non-hydrogen) atoms. The molecule has 174 valence electrons. The van der Waals surface area contributed by atoms with Crippen molar-refractivity contribution in [2.45, 2.75) is 33.4 Å². The van der Waals surface area contributed by atoms with E-state index in [1.807, 2.05) is 25.1 Å². The summed E-state index contributed by atoms with van der Waals surface area (Å²) in [4.78, 5) is 8.98. The van der Waals surface area contributed by atoms with Crippen molar-refractivity contribution >= 4 is 41.0 Å². The molecular formula is C24H34IN5O2. The zero-order chi connectivity index (χ0) is 22.1. The van der Waals surface area contributed by atoms with Gasteiger partial charge in [0.25, 0.3) is 0 Å². The Hall–Kier alpha value is -2.33. The molecule has 1 aromatic heterocycles. The summed E-state index contributed by atoms with van der Waals surface area (Å²) < 4.78 is 13.3. The lowest BCUT2D eigenvalue weighted by Crippen LogP contribution is -2.38. The SMILES string of the molecule is CN=C(NCCn1c(C)nc2ccccc21)NCc1ccc(C)cc1OCCCOC.I. The molecule has 0 unspecified atom stereocenters. The fourth-order valence-electron chi connectivity index (χ4n) is 3.49. The molecule has 0 bridgehead atoms. The fourth-order valence-corrected chi connectivity index (χ4v) is 3.49. The number of hydrogen-bond acceptors (Lipinski definition) is 4. The Labute approximate surface area is 207 Å². The van der Waals surface area contributed by atoms with E-state index in [1.54, 1.807) is 14.2 Å². The van der Waals surface area contributed by atoms with Crippen molar-refractivity contribution in [3.63, 3.8) is 0 Å². The molecule has 0 atom stereocenters. The highest BCUT2D eigenvalue weighted by Gasteiger charge is 2.08. The molecule has 0 amide bonds. The minimum Gasteiger partial charge on any atom is -0.493 e.